The highest BCUT2D eigenvalue weighted by Gasteiger charge is 2.31. The molecule has 1 fully saturated rings. The van der Waals surface area contributed by atoms with Crippen LogP contribution in [0.1, 0.15) is 51.6 Å². The van der Waals surface area contributed by atoms with Crippen LogP contribution in [0.15, 0.2) is 24.3 Å². The van der Waals surface area contributed by atoms with Crippen LogP contribution in [0.3, 0.4) is 0 Å². The number of hydrogen-bond acceptors (Lipinski definition) is 2. The average Bonchev–Trinajstić information content (AvgIpc) is 2.47. The van der Waals surface area contributed by atoms with Gasteiger partial charge in [0, 0.05) is 36.8 Å². The van der Waals surface area contributed by atoms with Gasteiger partial charge >= 0.3 is 0 Å². The van der Waals surface area contributed by atoms with Crippen molar-refractivity contribution in [2.24, 2.45) is 0 Å². The maximum atomic E-state index is 14.0. The standard InChI is InChI=1S/C17H27FN2/c1-4-8-14-12-20(15(5-2)11-19-14)13(3)16-9-6-7-10-17(16)18/h6-7,9-10,13-15,19H,4-5,8,11-12H2,1-3H3. The second-order valence-electron chi connectivity index (χ2n) is 5.85. The quantitative estimate of drug-likeness (QED) is 0.882. The summed E-state index contributed by atoms with van der Waals surface area (Å²) in [6, 6.07) is 8.36. The van der Waals surface area contributed by atoms with Crippen molar-refractivity contribution in [1.29, 1.82) is 0 Å². The Bertz CT molecular complexity index is 421. The fourth-order valence-corrected chi connectivity index (χ4v) is 3.28. The summed E-state index contributed by atoms with van der Waals surface area (Å²) in [4.78, 5) is 2.48. The summed E-state index contributed by atoms with van der Waals surface area (Å²) in [5.74, 6) is -0.0829. The van der Waals surface area contributed by atoms with Crippen molar-refractivity contribution in [2.75, 3.05) is 13.1 Å². The van der Waals surface area contributed by atoms with E-state index in [0.717, 1.165) is 25.1 Å². The van der Waals surface area contributed by atoms with Crippen LogP contribution in [0, 0.1) is 5.82 Å². The number of nitrogens with zero attached hydrogens (tertiary/aromatic N) is 1. The summed E-state index contributed by atoms with van der Waals surface area (Å²) >= 11 is 0. The fourth-order valence-electron chi connectivity index (χ4n) is 3.28. The molecule has 0 aliphatic carbocycles. The molecule has 1 aromatic carbocycles. The van der Waals surface area contributed by atoms with Crippen LogP contribution >= 0.6 is 0 Å². The monoisotopic (exact) mass is 278 g/mol. The predicted octanol–water partition coefficient (Wildman–Crippen LogP) is 3.74. The van der Waals surface area contributed by atoms with E-state index in [2.05, 4.69) is 31.0 Å². The first kappa shape index (κ1) is 15.5. The lowest BCUT2D eigenvalue weighted by molar-refractivity contribution is 0.0819. The van der Waals surface area contributed by atoms with Crippen molar-refractivity contribution in [1.82, 2.24) is 10.2 Å². The van der Waals surface area contributed by atoms with Gasteiger partial charge in [-0.15, -0.1) is 0 Å². The zero-order chi connectivity index (χ0) is 14.5. The van der Waals surface area contributed by atoms with Crippen molar-refractivity contribution >= 4 is 0 Å². The highest BCUT2D eigenvalue weighted by atomic mass is 19.1. The molecule has 0 saturated carbocycles. The highest BCUT2D eigenvalue weighted by Crippen LogP contribution is 2.28. The maximum absolute atomic E-state index is 14.0. The molecule has 1 N–H and O–H groups in total. The Morgan fingerprint density at radius 1 is 1.35 bits per heavy atom. The van der Waals surface area contributed by atoms with Gasteiger partial charge in [0.1, 0.15) is 5.82 Å². The molecule has 1 aliphatic heterocycles. The van der Waals surface area contributed by atoms with Gasteiger partial charge in [-0.25, -0.2) is 4.39 Å². The summed E-state index contributed by atoms with van der Waals surface area (Å²) in [7, 11) is 0. The van der Waals surface area contributed by atoms with Crippen LogP contribution in [0.2, 0.25) is 0 Å². The Morgan fingerprint density at radius 2 is 2.10 bits per heavy atom. The van der Waals surface area contributed by atoms with Crippen LogP contribution in [0.4, 0.5) is 4.39 Å². The minimum absolute atomic E-state index is 0.0829. The second-order valence-corrected chi connectivity index (χ2v) is 5.85. The third kappa shape index (κ3) is 3.39. The molecule has 1 saturated heterocycles. The van der Waals surface area contributed by atoms with Gasteiger partial charge in [0.15, 0.2) is 0 Å². The summed E-state index contributed by atoms with van der Waals surface area (Å²) in [6.07, 6.45) is 3.48. The first-order valence-corrected chi connectivity index (χ1v) is 7.90. The first-order valence-electron chi connectivity index (χ1n) is 7.90. The smallest absolute Gasteiger partial charge is 0.127 e. The number of hydrogen-bond donors (Lipinski definition) is 1. The molecule has 1 heterocycles. The van der Waals surface area contributed by atoms with Gasteiger partial charge in [-0.2, -0.15) is 0 Å². The summed E-state index contributed by atoms with van der Waals surface area (Å²) in [5.41, 5.74) is 0.822. The van der Waals surface area contributed by atoms with Crippen molar-refractivity contribution in [3.8, 4) is 0 Å². The van der Waals surface area contributed by atoms with Crippen molar-refractivity contribution in [2.45, 2.75) is 58.2 Å². The van der Waals surface area contributed by atoms with Crippen LogP contribution < -0.4 is 5.32 Å². The van der Waals surface area contributed by atoms with Gasteiger partial charge in [-0.05, 0) is 25.8 Å². The van der Waals surface area contributed by atoms with Crippen LogP contribution in [0.25, 0.3) is 0 Å². The number of rotatable bonds is 5. The third-order valence-corrected chi connectivity index (χ3v) is 4.50. The summed E-state index contributed by atoms with van der Waals surface area (Å²) in [5, 5.41) is 3.64. The molecule has 20 heavy (non-hydrogen) atoms. The molecular weight excluding hydrogens is 251 g/mol. The molecule has 0 spiro atoms. The first-order chi connectivity index (χ1) is 9.67. The lowest BCUT2D eigenvalue weighted by Crippen LogP contribution is -2.56. The van der Waals surface area contributed by atoms with Crippen molar-refractivity contribution < 1.29 is 4.39 Å². The van der Waals surface area contributed by atoms with Gasteiger partial charge in [0.25, 0.3) is 0 Å². The minimum atomic E-state index is -0.0829. The Kier molecular flexibility index (Phi) is 5.55. The SMILES string of the molecule is CCCC1CN(C(C)c2ccccc2F)C(CC)CN1. The molecular formula is C17H27FN2. The van der Waals surface area contributed by atoms with Crippen LogP contribution in [0.5, 0.6) is 0 Å². The van der Waals surface area contributed by atoms with Gasteiger partial charge in [0.05, 0.1) is 0 Å². The molecule has 2 nitrogen and oxygen atoms in total. The molecule has 112 valence electrons. The third-order valence-electron chi connectivity index (χ3n) is 4.50. The molecule has 0 radical (unpaired) electrons. The van der Waals surface area contributed by atoms with Crippen molar-refractivity contribution in [3.05, 3.63) is 35.6 Å². The molecule has 0 aromatic heterocycles. The van der Waals surface area contributed by atoms with E-state index in [1.54, 1.807) is 12.1 Å². The number of halogens is 1. The molecule has 0 bridgehead atoms. The summed E-state index contributed by atoms with van der Waals surface area (Å²) < 4.78 is 14.0. The van der Waals surface area contributed by atoms with Gasteiger partial charge < -0.3 is 5.32 Å². The lowest BCUT2D eigenvalue weighted by atomic mass is 9.98. The zero-order valence-electron chi connectivity index (χ0n) is 12.9. The Morgan fingerprint density at radius 3 is 2.75 bits per heavy atom. The van der Waals surface area contributed by atoms with Gasteiger partial charge in [-0.1, -0.05) is 38.5 Å². The van der Waals surface area contributed by atoms with E-state index >= 15 is 0 Å². The normalized spacial score (nSPS) is 25.6. The molecule has 3 atom stereocenters. The molecule has 2 rings (SSSR count). The summed E-state index contributed by atoms with van der Waals surface area (Å²) in [6.45, 7) is 8.60. The van der Waals surface area contributed by atoms with E-state index in [9.17, 15) is 4.39 Å². The fraction of sp³-hybridized carbons (Fsp3) is 0.647. The van der Waals surface area contributed by atoms with Gasteiger partial charge in [0.2, 0.25) is 0 Å². The molecule has 0 amide bonds. The predicted molar refractivity (Wildman–Crippen MR) is 82.3 cm³/mol. The Labute approximate surface area is 122 Å². The number of benzene rings is 1. The second kappa shape index (κ2) is 7.19. The lowest BCUT2D eigenvalue weighted by Gasteiger charge is -2.43. The Balaban J connectivity index is 2.16. The molecule has 1 aromatic rings. The minimum Gasteiger partial charge on any atom is -0.311 e. The highest BCUT2D eigenvalue weighted by molar-refractivity contribution is 5.21. The largest absolute Gasteiger partial charge is 0.311 e. The average molecular weight is 278 g/mol. The van der Waals surface area contributed by atoms with Crippen LogP contribution in [-0.2, 0) is 0 Å². The van der Waals surface area contributed by atoms with Crippen LogP contribution in [-0.4, -0.2) is 30.1 Å². The van der Waals surface area contributed by atoms with E-state index in [0.29, 0.717) is 12.1 Å². The van der Waals surface area contributed by atoms with E-state index in [1.165, 1.54) is 12.8 Å². The van der Waals surface area contributed by atoms with E-state index in [-0.39, 0.29) is 11.9 Å². The van der Waals surface area contributed by atoms with E-state index in [4.69, 9.17) is 0 Å². The van der Waals surface area contributed by atoms with Crippen molar-refractivity contribution in [3.63, 3.8) is 0 Å². The number of piperazine rings is 1. The molecule has 3 unspecified atom stereocenters. The van der Waals surface area contributed by atoms with Gasteiger partial charge in [-0.3, -0.25) is 4.90 Å². The maximum Gasteiger partial charge on any atom is 0.127 e. The van der Waals surface area contributed by atoms with E-state index in [1.807, 2.05) is 12.1 Å². The topological polar surface area (TPSA) is 15.3 Å². The van der Waals surface area contributed by atoms with E-state index < -0.39 is 0 Å². The Hall–Kier alpha value is -0.930. The molecule has 1 aliphatic rings. The molecule has 3 heteroatoms. The number of nitrogens with one attached hydrogen (secondary N) is 1. The zero-order valence-corrected chi connectivity index (χ0v) is 12.9.